The zero-order chi connectivity index (χ0) is 15.8. The molecule has 1 nitrogen and oxygen atoms in total. The number of nitrogens with one attached hydrogen (secondary N) is 1. The van der Waals surface area contributed by atoms with E-state index in [1.807, 2.05) is 6.92 Å². The third-order valence-electron chi connectivity index (χ3n) is 3.60. The Balaban J connectivity index is 2.22. The van der Waals surface area contributed by atoms with Crippen LogP contribution in [0.15, 0.2) is 18.2 Å². The molecule has 1 unspecified atom stereocenters. The highest BCUT2D eigenvalue weighted by Crippen LogP contribution is 2.36. The fourth-order valence-electron chi connectivity index (χ4n) is 2.16. The fourth-order valence-corrected chi connectivity index (χ4v) is 2.16. The predicted octanol–water partition coefficient (Wildman–Crippen LogP) is 4.61. The summed E-state index contributed by atoms with van der Waals surface area (Å²) in [4.78, 5) is 0. The van der Waals surface area contributed by atoms with E-state index in [0.29, 0.717) is 5.92 Å². The molecule has 1 aliphatic rings. The molecule has 1 aliphatic carbocycles. The molecule has 1 fully saturated rings. The lowest BCUT2D eigenvalue weighted by Gasteiger charge is -2.16. The van der Waals surface area contributed by atoms with Gasteiger partial charge in [0.25, 0.3) is 0 Å². The predicted molar refractivity (Wildman–Crippen MR) is 65.5 cm³/mol. The van der Waals surface area contributed by atoms with Gasteiger partial charge in [-0.25, -0.2) is 0 Å². The lowest BCUT2D eigenvalue weighted by Crippen LogP contribution is -2.27. The highest BCUT2D eigenvalue weighted by atomic mass is 19.4. The van der Waals surface area contributed by atoms with Gasteiger partial charge in [0.1, 0.15) is 0 Å². The molecule has 7 heteroatoms. The largest absolute Gasteiger partial charge is 0.416 e. The zero-order valence-corrected chi connectivity index (χ0v) is 11.3. The Morgan fingerprint density at radius 3 is 1.86 bits per heavy atom. The van der Waals surface area contributed by atoms with Crippen LogP contribution in [0.4, 0.5) is 26.3 Å². The molecular weight excluding hydrogens is 296 g/mol. The number of hydrogen-bond acceptors (Lipinski definition) is 1. The van der Waals surface area contributed by atoms with Crippen molar-refractivity contribution >= 4 is 0 Å². The monoisotopic (exact) mass is 311 g/mol. The third-order valence-corrected chi connectivity index (χ3v) is 3.60. The van der Waals surface area contributed by atoms with E-state index < -0.39 is 23.5 Å². The van der Waals surface area contributed by atoms with Crippen LogP contribution >= 0.6 is 0 Å². The number of benzene rings is 1. The van der Waals surface area contributed by atoms with Gasteiger partial charge >= 0.3 is 12.4 Å². The molecular formula is C14H15F6N. The van der Waals surface area contributed by atoms with E-state index in [2.05, 4.69) is 5.32 Å². The molecule has 0 bridgehead atoms. The SMILES string of the molecule is CC(NCc1cc(C(F)(F)F)cc(C(F)(F)F)c1)C1CC1. The van der Waals surface area contributed by atoms with Gasteiger partial charge in [-0.1, -0.05) is 0 Å². The first kappa shape index (κ1) is 16.1. The molecule has 1 saturated carbocycles. The summed E-state index contributed by atoms with van der Waals surface area (Å²) in [5.74, 6) is 0.470. The topological polar surface area (TPSA) is 12.0 Å². The van der Waals surface area contributed by atoms with Crippen molar-refractivity contribution in [3.63, 3.8) is 0 Å². The highest BCUT2D eigenvalue weighted by molar-refractivity contribution is 5.33. The van der Waals surface area contributed by atoms with E-state index in [9.17, 15) is 26.3 Å². The molecule has 1 atom stereocenters. The molecule has 2 rings (SSSR count). The van der Waals surface area contributed by atoms with Crippen LogP contribution in [0.5, 0.6) is 0 Å². The molecule has 0 heterocycles. The maximum absolute atomic E-state index is 12.7. The molecule has 0 spiro atoms. The number of alkyl halides is 6. The van der Waals surface area contributed by atoms with Gasteiger partial charge in [-0.15, -0.1) is 0 Å². The van der Waals surface area contributed by atoms with Crippen molar-refractivity contribution < 1.29 is 26.3 Å². The minimum absolute atomic E-state index is 0.00926. The molecule has 1 N–H and O–H groups in total. The van der Waals surface area contributed by atoms with Gasteiger partial charge in [0, 0.05) is 12.6 Å². The zero-order valence-electron chi connectivity index (χ0n) is 11.3. The van der Waals surface area contributed by atoms with Gasteiger partial charge < -0.3 is 5.32 Å². The smallest absolute Gasteiger partial charge is 0.310 e. The van der Waals surface area contributed by atoms with E-state index in [0.717, 1.165) is 25.0 Å². The van der Waals surface area contributed by atoms with Crippen LogP contribution in [-0.4, -0.2) is 6.04 Å². The Hall–Kier alpha value is -1.24. The Morgan fingerprint density at radius 1 is 1.00 bits per heavy atom. The van der Waals surface area contributed by atoms with E-state index in [1.54, 1.807) is 0 Å². The van der Waals surface area contributed by atoms with E-state index in [-0.39, 0.29) is 24.2 Å². The first-order chi connectivity index (χ1) is 9.57. The maximum atomic E-state index is 12.7. The quantitative estimate of drug-likeness (QED) is 0.801. The van der Waals surface area contributed by atoms with Gasteiger partial charge in [-0.3, -0.25) is 0 Å². The number of hydrogen-bond donors (Lipinski definition) is 1. The lowest BCUT2D eigenvalue weighted by atomic mass is 10.0. The minimum atomic E-state index is -4.79. The third kappa shape index (κ3) is 4.36. The number of halogens is 6. The van der Waals surface area contributed by atoms with Gasteiger partial charge in [-0.05, 0) is 49.4 Å². The second kappa shape index (κ2) is 5.51. The summed E-state index contributed by atoms with van der Waals surface area (Å²) in [7, 11) is 0. The summed E-state index contributed by atoms with van der Waals surface area (Å²) in [5.41, 5.74) is -2.55. The van der Waals surface area contributed by atoms with Crippen LogP contribution in [0.2, 0.25) is 0 Å². The van der Waals surface area contributed by atoms with Crippen LogP contribution in [0.25, 0.3) is 0 Å². The van der Waals surface area contributed by atoms with E-state index in [1.165, 1.54) is 0 Å². The van der Waals surface area contributed by atoms with Gasteiger partial charge in [0.2, 0.25) is 0 Å². The van der Waals surface area contributed by atoms with Crippen LogP contribution in [0.1, 0.15) is 36.5 Å². The Kier molecular flexibility index (Phi) is 4.24. The van der Waals surface area contributed by atoms with Crippen molar-refractivity contribution in [3.05, 3.63) is 34.9 Å². The van der Waals surface area contributed by atoms with Gasteiger partial charge in [0.05, 0.1) is 11.1 Å². The van der Waals surface area contributed by atoms with Gasteiger partial charge in [-0.2, -0.15) is 26.3 Å². The first-order valence-corrected chi connectivity index (χ1v) is 6.59. The molecule has 1 aromatic rings. The lowest BCUT2D eigenvalue weighted by molar-refractivity contribution is -0.143. The summed E-state index contributed by atoms with van der Waals surface area (Å²) in [6.45, 7) is 1.88. The van der Waals surface area contributed by atoms with Crippen molar-refractivity contribution in [1.29, 1.82) is 0 Å². The molecule has 0 aliphatic heterocycles. The van der Waals surface area contributed by atoms with Crippen molar-refractivity contribution in [2.75, 3.05) is 0 Å². The maximum Gasteiger partial charge on any atom is 0.416 e. The Bertz CT molecular complexity index is 469. The molecule has 0 radical (unpaired) electrons. The standard InChI is InChI=1S/C14H15F6N/c1-8(10-2-3-10)21-7-9-4-11(13(15,16)17)6-12(5-9)14(18,19)20/h4-6,8,10,21H,2-3,7H2,1H3. The summed E-state index contributed by atoms with van der Waals surface area (Å²) >= 11 is 0. The van der Waals surface area contributed by atoms with Crippen molar-refractivity contribution in [2.45, 2.75) is 44.7 Å². The Morgan fingerprint density at radius 2 is 1.48 bits per heavy atom. The first-order valence-electron chi connectivity index (χ1n) is 6.59. The molecule has 0 saturated heterocycles. The summed E-state index contributed by atoms with van der Waals surface area (Å²) in [6, 6.07) is 1.77. The molecule has 118 valence electrons. The Labute approximate surface area is 118 Å². The van der Waals surface area contributed by atoms with E-state index >= 15 is 0 Å². The van der Waals surface area contributed by atoms with Crippen LogP contribution in [-0.2, 0) is 18.9 Å². The summed E-state index contributed by atoms with van der Waals surface area (Å²) in [6.07, 6.45) is -7.49. The molecule has 21 heavy (non-hydrogen) atoms. The average Bonchev–Trinajstić information content (AvgIpc) is 3.17. The average molecular weight is 311 g/mol. The van der Waals surface area contributed by atoms with Gasteiger partial charge in [0.15, 0.2) is 0 Å². The summed E-state index contributed by atoms with van der Waals surface area (Å²) < 4.78 is 76.1. The normalized spacial score (nSPS) is 17.9. The second-order valence-electron chi connectivity index (χ2n) is 5.42. The summed E-state index contributed by atoms with van der Waals surface area (Å²) in [5, 5.41) is 2.98. The number of rotatable bonds is 4. The molecule has 1 aromatic carbocycles. The van der Waals surface area contributed by atoms with Crippen LogP contribution in [0, 0.1) is 5.92 Å². The highest BCUT2D eigenvalue weighted by Gasteiger charge is 2.37. The minimum Gasteiger partial charge on any atom is -0.310 e. The van der Waals surface area contributed by atoms with Crippen molar-refractivity contribution in [2.24, 2.45) is 5.92 Å². The van der Waals surface area contributed by atoms with Crippen LogP contribution in [0.3, 0.4) is 0 Å². The van der Waals surface area contributed by atoms with Crippen LogP contribution < -0.4 is 5.32 Å². The van der Waals surface area contributed by atoms with Crippen molar-refractivity contribution in [3.8, 4) is 0 Å². The second-order valence-corrected chi connectivity index (χ2v) is 5.42. The fraction of sp³-hybridized carbons (Fsp3) is 0.571. The van der Waals surface area contributed by atoms with E-state index in [4.69, 9.17) is 0 Å². The molecule has 0 amide bonds. The molecule has 0 aromatic heterocycles. The van der Waals surface area contributed by atoms with Crippen molar-refractivity contribution in [1.82, 2.24) is 5.32 Å².